The van der Waals surface area contributed by atoms with E-state index in [2.05, 4.69) is 20.9 Å². The van der Waals surface area contributed by atoms with E-state index >= 15 is 0 Å². The molecular formula is C18H30N4O2. The van der Waals surface area contributed by atoms with Gasteiger partial charge in [0.05, 0.1) is 6.54 Å². The molecular weight excluding hydrogens is 304 g/mol. The number of carbonyl (C=O) groups excluding carboxylic acids is 1. The van der Waals surface area contributed by atoms with Crippen LogP contribution < -0.4 is 20.7 Å². The van der Waals surface area contributed by atoms with Crippen molar-refractivity contribution >= 4 is 11.9 Å². The lowest BCUT2D eigenvalue weighted by Gasteiger charge is -2.23. The summed E-state index contributed by atoms with van der Waals surface area (Å²) in [6, 6.07) is 7.93. The second kappa shape index (κ2) is 9.80. The molecule has 1 aromatic carbocycles. The van der Waals surface area contributed by atoms with Crippen molar-refractivity contribution in [1.82, 2.24) is 16.0 Å². The number of hydrogen-bond donors (Lipinski definition) is 3. The second-order valence-corrected chi connectivity index (χ2v) is 6.43. The van der Waals surface area contributed by atoms with Gasteiger partial charge in [-0.15, -0.1) is 0 Å². The van der Waals surface area contributed by atoms with E-state index in [0.717, 1.165) is 17.9 Å². The molecule has 0 fully saturated rings. The van der Waals surface area contributed by atoms with Crippen molar-refractivity contribution in [2.45, 2.75) is 46.8 Å². The molecule has 0 spiro atoms. The minimum absolute atomic E-state index is 0.0352. The Labute approximate surface area is 145 Å². The van der Waals surface area contributed by atoms with E-state index in [1.165, 1.54) is 6.92 Å². The maximum Gasteiger partial charge on any atom is 0.216 e. The molecule has 1 aromatic rings. The van der Waals surface area contributed by atoms with Crippen LogP contribution >= 0.6 is 0 Å². The number of guanidine groups is 1. The Kier molecular flexibility index (Phi) is 8.09. The molecule has 0 atom stereocenters. The molecule has 0 unspecified atom stereocenters. The number of rotatable bonds is 7. The number of nitrogens with zero attached hydrogens (tertiary/aromatic N) is 1. The summed E-state index contributed by atoms with van der Waals surface area (Å²) in [5.41, 5.74) is 0.785. The maximum absolute atomic E-state index is 10.9. The lowest BCUT2D eigenvalue weighted by molar-refractivity contribution is -0.118. The average Bonchev–Trinajstić information content (AvgIpc) is 2.48. The van der Waals surface area contributed by atoms with Crippen molar-refractivity contribution in [3.05, 3.63) is 29.8 Å². The third-order valence-electron chi connectivity index (χ3n) is 2.93. The Hall–Kier alpha value is -2.24. The molecule has 0 radical (unpaired) electrons. The molecule has 6 heteroatoms. The van der Waals surface area contributed by atoms with Gasteiger partial charge in [-0.3, -0.25) is 4.79 Å². The molecule has 0 heterocycles. The summed E-state index contributed by atoms with van der Waals surface area (Å²) in [7, 11) is 0. The highest BCUT2D eigenvalue weighted by Crippen LogP contribution is 2.23. The van der Waals surface area contributed by atoms with Crippen LogP contribution in [-0.2, 0) is 11.3 Å². The fraction of sp³-hybridized carbons (Fsp3) is 0.556. The van der Waals surface area contributed by atoms with E-state index in [1.54, 1.807) is 0 Å². The summed E-state index contributed by atoms with van der Waals surface area (Å²) in [6.45, 7) is 12.1. The van der Waals surface area contributed by atoms with Gasteiger partial charge in [-0.1, -0.05) is 18.2 Å². The Morgan fingerprint density at radius 3 is 2.42 bits per heavy atom. The summed E-state index contributed by atoms with van der Waals surface area (Å²) in [6.07, 6.45) is 0. The fourth-order valence-electron chi connectivity index (χ4n) is 1.99. The summed E-state index contributed by atoms with van der Waals surface area (Å²) in [4.78, 5) is 15.5. The van der Waals surface area contributed by atoms with Crippen LogP contribution in [0.15, 0.2) is 29.3 Å². The van der Waals surface area contributed by atoms with Crippen molar-refractivity contribution in [3.8, 4) is 5.75 Å². The van der Waals surface area contributed by atoms with E-state index in [-0.39, 0.29) is 11.5 Å². The lowest BCUT2D eigenvalue weighted by atomic mass is 10.1. The predicted octanol–water partition coefficient (Wildman–Crippen LogP) is 2.06. The normalized spacial score (nSPS) is 11.8. The predicted molar refractivity (Wildman–Crippen MR) is 98.3 cm³/mol. The van der Waals surface area contributed by atoms with Crippen LogP contribution in [0.2, 0.25) is 0 Å². The zero-order valence-electron chi connectivity index (χ0n) is 15.4. The summed E-state index contributed by atoms with van der Waals surface area (Å²) < 4.78 is 5.99. The average molecular weight is 334 g/mol. The summed E-state index contributed by atoms with van der Waals surface area (Å²) in [5, 5.41) is 9.14. The van der Waals surface area contributed by atoms with E-state index in [0.29, 0.717) is 25.6 Å². The molecule has 1 rings (SSSR count). The Bertz CT molecular complexity index is 550. The summed E-state index contributed by atoms with van der Waals surface area (Å²) in [5.74, 6) is 1.53. The molecule has 134 valence electrons. The number of ether oxygens (including phenoxy) is 1. The van der Waals surface area contributed by atoms with Crippen LogP contribution in [0.5, 0.6) is 5.75 Å². The van der Waals surface area contributed by atoms with Gasteiger partial charge in [0.25, 0.3) is 0 Å². The first-order chi connectivity index (χ1) is 11.3. The number of hydrogen-bond acceptors (Lipinski definition) is 3. The number of aliphatic imine (C=N–C) groups is 1. The lowest BCUT2D eigenvalue weighted by Crippen LogP contribution is -2.41. The van der Waals surface area contributed by atoms with Gasteiger partial charge < -0.3 is 20.7 Å². The fourth-order valence-corrected chi connectivity index (χ4v) is 1.99. The van der Waals surface area contributed by atoms with Gasteiger partial charge in [0.1, 0.15) is 11.4 Å². The van der Waals surface area contributed by atoms with Gasteiger partial charge in [0, 0.05) is 32.1 Å². The van der Waals surface area contributed by atoms with Gasteiger partial charge in [-0.05, 0) is 33.8 Å². The van der Waals surface area contributed by atoms with Crippen LogP contribution in [-0.4, -0.2) is 37.1 Å². The van der Waals surface area contributed by atoms with Gasteiger partial charge in [-0.25, -0.2) is 4.99 Å². The molecule has 6 nitrogen and oxygen atoms in total. The Morgan fingerprint density at radius 2 is 1.79 bits per heavy atom. The van der Waals surface area contributed by atoms with Gasteiger partial charge in [0.15, 0.2) is 5.96 Å². The maximum atomic E-state index is 10.9. The molecule has 0 saturated heterocycles. The highest BCUT2D eigenvalue weighted by Gasteiger charge is 2.14. The van der Waals surface area contributed by atoms with Crippen LogP contribution in [0.1, 0.15) is 40.2 Å². The summed E-state index contributed by atoms with van der Waals surface area (Å²) >= 11 is 0. The van der Waals surface area contributed by atoms with Crippen molar-refractivity contribution in [2.75, 3.05) is 19.6 Å². The third-order valence-corrected chi connectivity index (χ3v) is 2.93. The molecule has 0 aliphatic heterocycles. The molecule has 0 aromatic heterocycles. The van der Waals surface area contributed by atoms with Crippen molar-refractivity contribution < 1.29 is 9.53 Å². The smallest absolute Gasteiger partial charge is 0.216 e. The van der Waals surface area contributed by atoms with Gasteiger partial charge in [-0.2, -0.15) is 0 Å². The largest absolute Gasteiger partial charge is 0.488 e. The second-order valence-electron chi connectivity index (χ2n) is 6.43. The molecule has 3 N–H and O–H groups in total. The van der Waals surface area contributed by atoms with Crippen LogP contribution in [0.25, 0.3) is 0 Å². The topological polar surface area (TPSA) is 74.8 Å². The van der Waals surface area contributed by atoms with Crippen LogP contribution in [0, 0.1) is 0 Å². The van der Waals surface area contributed by atoms with E-state index < -0.39 is 0 Å². The number of carbonyl (C=O) groups is 1. The quantitative estimate of drug-likeness (QED) is 0.405. The van der Waals surface area contributed by atoms with Gasteiger partial charge in [0.2, 0.25) is 5.91 Å². The number of nitrogens with one attached hydrogen (secondary N) is 3. The standard InChI is InChI=1S/C18H30N4O2/c1-6-19-17(21-12-11-20-14(2)23)22-13-15-9-7-8-10-16(15)24-18(3,4)5/h7-10H,6,11-13H2,1-5H3,(H,20,23)(H2,19,21,22). The third kappa shape index (κ3) is 8.41. The first-order valence-electron chi connectivity index (χ1n) is 8.35. The Morgan fingerprint density at radius 1 is 1.12 bits per heavy atom. The highest BCUT2D eigenvalue weighted by atomic mass is 16.5. The minimum Gasteiger partial charge on any atom is -0.488 e. The molecule has 1 amide bonds. The molecule has 0 bridgehead atoms. The number of benzene rings is 1. The van der Waals surface area contributed by atoms with Crippen molar-refractivity contribution in [2.24, 2.45) is 4.99 Å². The molecule has 0 saturated carbocycles. The Balaban J connectivity index is 2.70. The van der Waals surface area contributed by atoms with Crippen LogP contribution in [0.3, 0.4) is 0 Å². The SMILES string of the molecule is CCNC(=NCc1ccccc1OC(C)(C)C)NCCNC(C)=O. The highest BCUT2D eigenvalue weighted by molar-refractivity contribution is 5.79. The first-order valence-corrected chi connectivity index (χ1v) is 8.35. The first kappa shape index (κ1) is 19.8. The van der Waals surface area contributed by atoms with Crippen LogP contribution in [0.4, 0.5) is 0 Å². The van der Waals surface area contributed by atoms with Crippen molar-refractivity contribution in [1.29, 1.82) is 0 Å². The van der Waals surface area contributed by atoms with E-state index in [4.69, 9.17) is 4.74 Å². The van der Waals surface area contributed by atoms with E-state index in [9.17, 15) is 4.79 Å². The molecule has 24 heavy (non-hydrogen) atoms. The molecule has 0 aliphatic rings. The zero-order chi connectivity index (χ0) is 18.0. The zero-order valence-corrected chi connectivity index (χ0v) is 15.4. The van der Waals surface area contributed by atoms with Gasteiger partial charge >= 0.3 is 0 Å². The minimum atomic E-state index is -0.249. The number of amides is 1. The monoisotopic (exact) mass is 334 g/mol. The molecule has 0 aliphatic carbocycles. The van der Waals surface area contributed by atoms with Crippen molar-refractivity contribution in [3.63, 3.8) is 0 Å². The van der Waals surface area contributed by atoms with E-state index in [1.807, 2.05) is 52.0 Å². The number of para-hydroxylation sites is 1.